The van der Waals surface area contributed by atoms with Gasteiger partial charge in [0.2, 0.25) is 0 Å². The van der Waals surface area contributed by atoms with Crippen LogP contribution in [0, 0.1) is 5.82 Å². The van der Waals surface area contributed by atoms with E-state index < -0.39 is 0 Å². The van der Waals surface area contributed by atoms with Crippen molar-refractivity contribution in [1.29, 1.82) is 0 Å². The molecular weight excluding hydrogens is 207 g/mol. The van der Waals surface area contributed by atoms with Crippen LogP contribution in [0.3, 0.4) is 0 Å². The summed E-state index contributed by atoms with van der Waals surface area (Å²) >= 11 is 0. The monoisotopic (exact) mass is 220 g/mol. The van der Waals surface area contributed by atoms with E-state index in [-0.39, 0.29) is 5.82 Å². The van der Waals surface area contributed by atoms with E-state index in [2.05, 4.69) is 15.4 Å². The number of hydrogen-bond acceptors (Lipinski definition) is 3. The van der Waals surface area contributed by atoms with Gasteiger partial charge in [-0.15, -0.1) is 0 Å². The highest BCUT2D eigenvalue weighted by Crippen LogP contribution is 2.01. The van der Waals surface area contributed by atoms with Crippen molar-refractivity contribution in [3.63, 3.8) is 0 Å². The lowest BCUT2D eigenvalue weighted by Gasteiger charge is -2.02. The fourth-order valence-electron chi connectivity index (χ4n) is 1.47. The Kier molecular flexibility index (Phi) is 3.26. The van der Waals surface area contributed by atoms with Crippen molar-refractivity contribution < 1.29 is 4.39 Å². The molecule has 2 aromatic heterocycles. The van der Waals surface area contributed by atoms with Gasteiger partial charge in [-0.05, 0) is 11.6 Å². The van der Waals surface area contributed by atoms with Crippen LogP contribution in [-0.4, -0.2) is 14.8 Å². The van der Waals surface area contributed by atoms with Crippen LogP contribution in [0.2, 0.25) is 0 Å². The average molecular weight is 220 g/mol. The number of aryl methyl sites for hydroxylation is 1. The van der Waals surface area contributed by atoms with Gasteiger partial charge in [-0.1, -0.05) is 0 Å². The first-order valence-electron chi connectivity index (χ1n) is 5.02. The normalized spacial score (nSPS) is 10.6. The highest BCUT2D eigenvalue weighted by Gasteiger charge is 1.98. The predicted molar refractivity (Wildman–Crippen MR) is 57.9 cm³/mol. The molecule has 0 bridgehead atoms. The van der Waals surface area contributed by atoms with Crippen LogP contribution in [0.5, 0.6) is 0 Å². The Labute approximate surface area is 93.1 Å². The molecule has 0 spiro atoms. The number of rotatable bonds is 4. The predicted octanol–water partition coefficient (Wildman–Crippen LogP) is 1.24. The van der Waals surface area contributed by atoms with Gasteiger partial charge >= 0.3 is 0 Å². The van der Waals surface area contributed by atoms with Gasteiger partial charge in [-0.3, -0.25) is 9.67 Å². The molecule has 4 nitrogen and oxygen atoms in total. The molecule has 0 unspecified atom stereocenters. The smallest absolute Gasteiger partial charge is 0.141 e. The Hall–Kier alpha value is -1.75. The van der Waals surface area contributed by atoms with Crippen molar-refractivity contribution in [2.24, 2.45) is 7.05 Å². The summed E-state index contributed by atoms with van der Waals surface area (Å²) in [5.74, 6) is -0.305. The van der Waals surface area contributed by atoms with Crippen molar-refractivity contribution in [2.75, 3.05) is 0 Å². The second-order valence-corrected chi connectivity index (χ2v) is 3.64. The fraction of sp³-hybridized carbons (Fsp3) is 0.273. The van der Waals surface area contributed by atoms with Gasteiger partial charge in [0.05, 0.1) is 12.4 Å². The molecule has 0 aliphatic rings. The molecule has 1 N–H and O–H groups in total. The quantitative estimate of drug-likeness (QED) is 0.843. The van der Waals surface area contributed by atoms with Gasteiger partial charge in [0, 0.05) is 38.1 Å². The minimum Gasteiger partial charge on any atom is -0.308 e. The molecule has 0 amide bonds. The highest BCUT2D eigenvalue weighted by atomic mass is 19.1. The average Bonchev–Trinajstić information content (AvgIpc) is 2.64. The van der Waals surface area contributed by atoms with Crippen LogP contribution >= 0.6 is 0 Å². The summed E-state index contributed by atoms with van der Waals surface area (Å²) in [6, 6.07) is 1.48. The number of halogens is 1. The van der Waals surface area contributed by atoms with Crippen molar-refractivity contribution >= 4 is 0 Å². The van der Waals surface area contributed by atoms with Crippen molar-refractivity contribution in [3.8, 4) is 0 Å². The molecule has 0 radical (unpaired) electrons. The SMILES string of the molecule is Cn1cc(CNCc2cncc(F)c2)cn1. The van der Waals surface area contributed by atoms with E-state index in [0.717, 1.165) is 11.1 Å². The molecule has 84 valence electrons. The first-order chi connectivity index (χ1) is 7.74. The van der Waals surface area contributed by atoms with E-state index >= 15 is 0 Å². The van der Waals surface area contributed by atoms with Crippen LogP contribution in [0.4, 0.5) is 4.39 Å². The topological polar surface area (TPSA) is 42.7 Å². The molecule has 16 heavy (non-hydrogen) atoms. The lowest BCUT2D eigenvalue weighted by Crippen LogP contribution is -2.12. The second kappa shape index (κ2) is 4.85. The molecule has 5 heteroatoms. The third kappa shape index (κ3) is 2.87. The van der Waals surface area contributed by atoms with Crippen molar-refractivity contribution in [1.82, 2.24) is 20.1 Å². The Balaban J connectivity index is 1.84. The Morgan fingerprint density at radius 3 is 2.75 bits per heavy atom. The van der Waals surface area contributed by atoms with E-state index in [4.69, 9.17) is 0 Å². The van der Waals surface area contributed by atoms with Gasteiger partial charge in [-0.25, -0.2) is 4.39 Å². The van der Waals surface area contributed by atoms with Gasteiger partial charge in [0.25, 0.3) is 0 Å². The second-order valence-electron chi connectivity index (χ2n) is 3.64. The van der Waals surface area contributed by atoms with Crippen molar-refractivity contribution in [3.05, 3.63) is 47.8 Å². The summed E-state index contributed by atoms with van der Waals surface area (Å²) in [4.78, 5) is 3.78. The molecule has 2 aromatic rings. The molecule has 0 fully saturated rings. The van der Waals surface area contributed by atoms with Crippen LogP contribution < -0.4 is 5.32 Å². The molecule has 2 heterocycles. The number of nitrogens with zero attached hydrogens (tertiary/aromatic N) is 3. The Morgan fingerprint density at radius 1 is 1.25 bits per heavy atom. The Morgan fingerprint density at radius 2 is 2.06 bits per heavy atom. The molecule has 0 aliphatic carbocycles. The molecule has 0 saturated heterocycles. The minimum atomic E-state index is -0.305. The fourth-order valence-corrected chi connectivity index (χ4v) is 1.47. The van der Waals surface area contributed by atoms with Crippen LogP contribution in [0.25, 0.3) is 0 Å². The lowest BCUT2D eigenvalue weighted by molar-refractivity contribution is 0.612. The number of hydrogen-bond donors (Lipinski definition) is 1. The summed E-state index contributed by atoms with van der Waals surface area (Å²) in [5, 5.41) is 7.26. The maximum atomic E-state index is 12.8. The summed E-state index contributed by atoms with van der Waals surface area (Å²) in [5.41, 5.74) is 1.94. The zero-order valence-corrected chi connectivity index (χ0v) is 9.02. The van der Waals surface area contributed by atoms with Gasteiger partial charge in [-0.2, -0.15) is 5.10 Å². The Bertz CT molecular complexity index is 467. The van der Waals surface area contributed by atoms with Gasteiger partial charge in [0.15, 0.2) is 0 Å². The molecule has 0 atom stereocenters. The third-order valence-corrected chi connectivity index (χ3v) is 2.18. The maximum absolute atomic E-state index is 12.8. The molecule has 0 aliphatic heterocycles. The third-order valence-electron chi connectivity index (χ3n) is 2.18. The van der Waals surface area contributed by atoms with Crippen LogP contribution in [-0.2, 0) is 20.1 Å². The molecule has 0 aromatic carbocycles. The standard InChI is InChI=1S/C11H13FN4/c1-16-8-10(6-15-16)5-13-3-9-2-11(12)7-14-4-9/h2,4,6-8,13H,3,5H2,1H3. The van der Waals surface area contributed by atoms with Gasteiger partial charge in [0.1, 0.15) is 5.82 Å². The van der Waals surface area contributed by atoms with Crippen molar-refractivity contribution in [2.45, 2.75) is 13.1 Å². The molecule has 2 rings (SSSR count). The summed E-state index contributed by atoms with van der Waals surface area (Å²) in [7, 11) is 1.87. The molecule has 0 saturated carbocycles. The summed E-state index contributed by atoms with van der Waals surface area (Å²) in [6.45, 7) is 1.31. The largest absolute Gasteiger partial charge is 0.308 e. The van der Waals surface area contributed by atoms with E-state index in [0.29, 0.717) is 13.1 Å². The van der Waals surface area contributed by atoms with Crippen LogP contribution in [0.15, 0.2) is 30.9 Å². The number of aromatic nitrogens is 3. The zero-order valence-electron chi connectivity index (χ0n) is 9.02. The first kappa shape index (κ1) is 10.8. The van der Waals surface area contributed by atoms with E-state index in [1.54, 1.807) is 17.1 Å². The van der Waals surface area contributed by atoms with Crippen LogP contribution in [0.1, 0.15) is 11.1 Å². The number of pyridine rings is 1. The maximum Gasteiger partial charge on any atom is 0.141 e. The lowest BCUT2D eigenvalue weighted by atomic mass is 10.2. The minimum absolute atomic E-state index is 0.305. The van der Waals surface area contributed by atoms with E-state index in [1.165, 1.54) is 12.3 Å². The molecular formula is C11H13FN4. The van der Waals surface area contributed by atoms with E-state index in [1.807, 2.05) is 13.2 Å². The summed E-state index contributed by atoms with van der Waals surface area (Å²) < 4.78 is 14.6. The van der Waals surface area contributed by atoms with E-state index in [9.17, 15) is 4.39 Å². The summed E-state index contributed by atoms with van der Waals surface area (Å²) in [6.07, 6.45) is 6.59. The van der Waals surface area contributed by atoms with Gasteiger partial charge < -0.3 is 5.32 Å². The first-order valence-corrected chi connectivity index (χ1v) is 5.02. The zero-order chi connectivity index (χ0) is 11.4. The number of nitrogens with one attached hydrogen (secondary N) is 1. The highest BCUT2D eigenvalue weighted by molar-refractivity contribution is 5.10.